The van der Waals surface area contributed by atoms with E-state index in [1.54, 1.807) is 18.4 Å². The van der Waals surface area contributed by atoms with Gasteiger partial charge in [0.05, 0.1) is 0 Å². The molecule has 20 heavy (non-hydrogen) atoms. The quantitative estimate of drug-likeness (QED) is 0.610. The standard InChI is InChI=1S/C16H14N2O2/c1-13-3-5-14(6-4-13)7-8-16(19)20-15-9-12-17-10-2-11-18-15/h2-12H,1H3/b8-7?,10-2?,11-2-,12-9-,15-9?,17-10-,17-12?,18-11?,18-15+. The summed E-state index contributed by atoms with van der Waals surface area (Å²) in [4.78, 5) is 19.5. The van der Waals surface area contributed by atoms with Crippen LogP contribution in [0.1, 0.15) is 11.1 Å². The summed E-state index contributed by atoms with van der Waals surface area (Å²) >= 11 is 0. The molecule has 1 aromatic carbocycles. The smallest absolute Gasteiger partial charge is 0.337 e. The average Bonchev–Trinajstić information content (AvgIpc) is 2.41. The molecule has 0 atom stereocenters. The number of aliphatic imine (C=N–C) groups is 2. The maximum atomic E-state index is 11.7. The summed E-state index contributed by atoms with van der Waals surface area (Å²) in [6, 6.07) is 7.83. The van der Waals surface area contributed by atoms with Crippen molar-refractivity contribution in [2.75, 3.05) is 0 Å². The fourth-order valence-electron chi connectivity index (χ4n) is 1.44. The number of rotatable bonds is 2. The number of hydrogen-bond donors (Lipinski definition) is 0. The maximum absolute atomic E-state index is 11.7. The molecule has 0 spiro atoms. The minimum Gasteiger partial charge on any atom is -0.404 e. The molecule has 4 nitrogen and oxygen atoms in total. The molecule has 100 valence electrons. The van der Waals surface area contributed by atoms with Gasteiger partial charge in [-0.15, -0.1) is 0 Å². The molecule has 0 fully saturated rings. The molecule has 2 rings (SSSR count). The van der Waals surface area contributed by atoms with Crippen molar-refractivity contribution in [3.8, 4) is 0 Å². The Kier molecular flexibility index (Phi) is 4.78. The van der Waals surface area contributed by atoms with Crippen molar-refractivity contribution in [2.24, 2.45) is 9.98 Å². The van der Waals surface area contributed by atoms with Crippen molar-refractivity contribution in [1.82, 2.24) is 0 Å². The highest BCUT2D eigenvalue weighted by Crippen LogP contribution is 2.05. The van der Waals surface area contributed by atoms with Gasteiger partial charge in [-0.1, -0.05) is 29.8 Å². The predicted octanol–water partition coefficient (Wildman–Crippen LogP) is 3.06. The van der Waals surface area contributed by atoms with Gasteiger partial charge in [-0.25, -0.2) is 9.79 Å². The van der Waals surface area contributed by atoms with Crippen LogP contribution in [-0.2, 0) is 9.53 Å². The minimum absolute atomic E-state index is 0.205. The van der Waals surface area contributed by atoms with Crippen LogP contribution in [0, 0.1) is 6.92 Å². The van der Waals surface area contributed by atoms with Crippen LogP contribution >= 0.6 is 0 Å². The Morgan fingerprint density at radius 1 is 1.20 bits per heavy atom. The second-order valence-electron chi connectivity index (χ2n) is 4.09. The van der Waals surface area contributed by atoms with Gasteiger partial charge in [-0.05, 0) is 24.6 Å². The Hall–Kier alpha value is -2.75. The third-order valence-corrected chi connectivity index (χ3v) is 2.46. The molecule has 1 heterocycles. The summed E-state index contributed by atoms with van der Waals surface area (Å²) < 4.78 is 5.08. The first-order valence-corrected chi connectivity index (χ1v) is 6.13. The van der Waals surface area contributed by atoms with Gasteiger partial charge in [0.15, 0.2) is 0 Å². The number of benzene rings is 1. The second kappa shape index (κ2) is 6.99. The number of ether oxygens (including phenoxy) is 1. The normalized spacial score (nSPS) is 21.4. The van der Waals surface area contributed by atoms with E-state index in [1.165, 1.54) is 30.1 Å². The van der Waals surface area contributed by atoms with E-state index in [9.17, 15) is 4.79 Å². The van der Waals surface area contributed by atoms with Gasteiger partial charge in [0.25, 0.3) is 0 Å². The fourth-order valence-corrected chi connectivity index (χ4v) is 1.44. The SMILES string of the molecule is Cc1ccc(C=CC(=O)OC2=N/C=C\C=N/C=C\2)cc1. The molecule has 0 radical (unpaired) electrons. The summed E-state index contributed by atoms with van der Waals surface area (Å²) in [5.41, 5.74) is 2.11. The lowest BCUT2D eigenvalue weighted by Crippen LogP contribution is -2.07. The molecule has 0 saturated carbocycles. The molecule has 1 aliphatic heterocycles. The zero-order valence-electron chi connectivity index (χ0n) is 11.1. The summed E-state index contributed by atoms with van der Waals surface area (Å²) in [6.45, 7) is 2.01. The van der Waals surface area contributed by atoms with Gasteiger partial charge in [-0.2, -0.15) is 0 Å². The third kappa shape index (κ3) is 4.49. The Bertz CT molecular complexity index is 620. The van der Waals surface area contributed by atoms with Crippen molar-refractivity contribution in [3.05, 3.63) is 66.0 Å². The van der Waals surface area contributed by atoms with Crippen molar-refractivity contribution >= 4 is 24.2 Å². The highest BCUT2D eigenvalue weighted by atomic mass is 16.5. The van der Waals surface area contributed by atoms with Gasteiger partial charge in [-0.3, -0.25) is 4.99 Å². The number of carbonyl (C=O) groups is 1. The van der Waals surface area contributed by atoms with Crippen LogP contribution in [0.4, 0.5) is 0 Å². The van der Waals surface area contributed by atoms with Crippen molar-refractivity contribution in [3.63, 3.8) is 0 Å². The molecule has 0 bridgehead atoms. The predicted molar refractivity (Wildman–Crippen MR) is 80.5 cm³/mol. The summed E-state index contributed by atoms with van der Waals surface area (Å²) in [5, 5.41) is 0. The van der Waals surface area contributed by atoms with E-state index in [0.29, 0.717) is 0 Å². The molecule has 1 aliphatic rings. The van der Waals surface area contributed by atoms with E-state index >= 15 is 0 Å². The molecular formula is C16H14N2O2. The Morgan fingerprint density at radius 3 is 2.80 bits per heavy atom. The summed E-state index contributed by atoms with van der Waals surface area (Å²) in [5.74, 6) is -0.274. The largest absolute Gasteiger partial charge is 0.404 e. The average molecular weight is 266 g/mol. The van der Waals surface area contributed by atoms with Crippen molar-refractivity contribution in [2.45, 2.75) is 6.92 Å². The lowest BCUT2D eigenvalue weighted by molar-refractivity contribution is -0.129. The topological polar surface area (TPSA) is 51.0 Å². The lowest BCUT2D eigenvalue weighted by atomic mass is 10.1. The number of carbonyl (C=O) groups excluding carboxylic acids is 1. The molecule has 1 aromatic rings. The van der Waals surface area contributed by atoms with Gasteiger partial charge < -0.3 is 4.74 Å². The number of hydrogen-bond acceptors (Lipinski definition) is 4. The molecule has 0 N–H and O–H groups in total. The first-order valence-electron chi connectivity index (χ1n) is 6.13. The fraction of sp³-hybridized carbons (Fsp3) is 0.0625. The van der Waals surface area contributed by atoms with E-state index in [-0.39, 0.29) is 5.90 Å². The van der Waals surface area contributed by atoms with Gasteiger partial charge in [0.1, 0.15) is 0 Å². The van der Waals surface area contributed by atoms with E-state index in [2.05, 4.69) is 9.98 Å². The third-order valence-electron chi connectivity index (χ3n) is 2.46. The molecular weight excluding hydrogens is 252 g/mol. The maximum Gasteiger partial charge on any atom is 0.337 e. The lowest BCUT2D eigenvalue weighted by Gasteiger charge is -2.00. The van der Waals surface area contributed by atoms with Crippen LogP contribution < -0.4 is 0 Å². The number of allylic oxidation sites excluding steroid dienone is 1. The van der Waals surface area contributed by atoms with Crippen LogP contribution in [0.2, 0.25) is 0 Å². The zero-order chi connectivity index (χ0) is 14.2. The van der Waals surface area contributed by atoms with Gasteiger partial charge in [0.2, 0.25) is 5.90 Å². The highest BCUT2D eigenvalue weighted by Gasteiger charge is 2.02. The van der Waals surface area contributed by atoms with E-state index in [1.807, 2.05) is 31.2 Å². The van der Waals surface area contributed by atoms with Gasteiger partial charge >= 0.3 is 5.97 Å². The Balaban J connectivity index is 1.97. The number of nitrogens with zero attached hydrogens (tertiary/aromatic N) is 2. The molecule has 0 amide bonds. The van der Waals surface area contributed by atoms with Crippen LogP contribution in [0.15, 0.2) is 64.9 Å². The van der Waals surface area contributed by atoms with E-state index in [4.69, 9.17) is 4.74 Å². The highest BCUT2D eigenvalue weighted by molar-refractivity contribution is 6.01. The Morgan fingerprint density at radius 2 is 2.00 bits per heavy atom. The first kappa shape index (κ1) is 13.7. The number of esters is 1. The summed E-state index contributed by atoms with van der Waals surface area (Å²) in [7, 11) is 0. The monoisotopic (exact) mass is 266 g/mol. The van der Waals surface area contributed by atoms with Crippen LogP contribution in [0.3, 0.4) is 0 Å². The first-order chi connectivity index (χ1) is 9.74. The van der Waals surface area contributed by atoms with Crippen molar-refractivity contribution in [1.29, 1.82) is 0 Å². The molecule has 4 heteroatoms. The van der Waals surface area contributed by atoms with Crippen LogP contribution in [-0.4, -0.2) is 18.1 Å². The van der Waals surface area contributed by atoms with Gasteiger partial charge in [0, 0.05) is 30.8 Å². The molecule has 0 aliphatic carbocycles. The van der Waals surface area contributed by atoms with E-state index in [0.717, 1.165) is 5.56 Å². The number of aryl methyl sites for hydroxylation is 1. The summed E-state index contributed by atoms with van der Waals surface area (Å²) in [6.07, 6.45) is 10.9. The van der Waals surface area contributed by atoms with E-state index < -0.39 is 5.97 Å². The zero-order valence-corrected chi connectivity index (χ0v) is 11.1. The van der Waals surface area contributed by atoms with Crippen LogP contribution in [0.25, 0.3) is 6.08 Å². The minimum atomic E-state index is -0.480. The van der Waals surface area contributed by atoms with Crippen LogP contribution in [0.5, 0.6) is 0 Å². The van der Waals surface area contributed by atoms with Crippen molar-refractivity contribution < 1.29 is 9.53 Å². The molecule has 0 unspecified atom stereocenters. The molecule has 0 saturated heterocycles. The Labute approximate surface area is 117 Å². The molecule has 0 aromatic heterocycles. The second-order valence-corrected chi connectivity index (χ2v) is 4.09.